The summed E-state index contributed by atoms with van der Waals surface area (Å²) in [6.45, 7) is 6.49. The van der Waals surface area contributed by atoms with Gasteiger partial charge in [0.2, 0.25) is 0 Å². The van der Waals surface area contributed by atoms with Gasteiger partial charge in [-0.2, -0.15) is 0 Å². The Labute approximate surface area is 44.5 Å². The van der Waals surface area contributed by atoms with Crippen LogP contribution in [-0.2, 0) is 0 Å². The summed E-state index contributed by atoms with van der Waals surface area (Å²) in [5.41, 5.74) is 1.33. The molecule has 1 rings (SSSR count). The van der Waals surface area contributed by atoms with Gasteiger partial charge in [-0.05, 0) is 12.8 Å². The Morgan fingerprint density at radius 3 is 2.00 bits per heavy atom. The van der Waals surface area contributed by atoms with Crippen LogP contribution in [0.15, 0.2) is 4.99 Å². The van der Waals surface area contributed by atoms with E-state index in [1.165, 1.54) is 5.71 Å². The highest BCUT2D eigenvalue weighted by atomic mass is 15.0. The van der Waals surface area contributed by atoms with Gasteiger partial charge in [0, 0.05) is 5.71 Å². The van der Waals surface area contributed by atoms with E-state index in [-0.39, 0.29) is 0 Å². The molecule has 1 heteroatoms. The highest BCUT2D eigenvalue weighted by Gasteiger charge is 2.25. The van der Waals surface area contributed by atoms with Gasteiger partial charge in [-0.1, -0.05) is 13.8 Å². The summed E-state index contributed by atoms with van der Waals surface area (Å²) in [7, 11) is 0. The Balaban J connectivity index is 2.25. The molecule has 0 amide bonds. The maximum absolute atomic E-state index is 4.17. The Bertz CT molecular complexity index is 103. The number of hydrogen-bond donors (Lipinski definition) is 0. The minimum atomic E-state index is 0.611. The Hall–Kier alpha value is -0.330. The van der Waals surface area contributed by atoms with E-state index in [0.717, 1.165) is 5.92 Å². The second kappa shape index (κ2) is 1.32. The summed E-state index contributed by atoms with van der Waals surface area (Å²) in [5.74, 6) is 0.736. The largest absolute Gasteiger partial charge is 0.283 e. The van der Waals surface area contributed by atoms with Gasteiger partial charge >= 0.3 is 0 Å². The summed E-state index contributed by atoms with van der Waals surface area (Å²) in [5, 5.41) is 0. The van der Waals surface area contributed by atoms with E-state index in [4.69, 9.17) is 0 Å². The van der Waals surface area contributed by atoms with Gasteiger partial charge in [0.15, 0.2) is 0 Å². The summed E-state index contributed by atoms with van der Waals surface area (Å²) >= 11 is 0. The van der Waals surface area contributed by atoms with Gasteiger partial charge in [0.05, 0.1) is 6.04 Å². The van der Waals surface area contributed by atoms with Gasteiger partial charge in [-0.3, -0.25) is 4.99 Å². The zero-order chi connectivity index (χ0) is 5.44. The van der Waals surface area contributed by atoms with Crippen molar-refractivity contribution in [2.45, 2.75) is 26.8 Å². The Morgan fingerprint density at radius 2 is 2.00 bits per heavy atom. The van der Waals surface area contributed by atoms with Crippen LogP contribution in [0.5, 0.6) is 0 Å². The van der Waals surface area contributed by atoms with Crippen molar-refractivity contribution in [3.8, 4) is 0 Å². The third kappa shape index (κ3) is 0.817. The monoisotopic (exact) mass is 97.1 g/mol. The Morgan fingerprint density at radius 1 is 1.57 bits per heavy atom. The minimum Gasteiger partial charge on any atom is -0.283 e. The fourth-order valence-corrected chi connectivity index (χ4v) is 0.814. The van der Waals surface area contributed by atoms with Crippen molar-refractivity contribution in [2.24, 2.45) is 10.9 Å². The highest BCUT2D eigenvalue weighted by Crippen LogP contribution is 2.19. The maximum Gasteiger partial charge on any atom is 0.0896 e. The van der Waals surface area contributed by atoms with Gasteiger partial charge < -0.3 is 0 Å². The number of nitrogens with zero attached hydrogens (tertiary/aromatic N) is 1. The zero-order valence-corrected chi connectivity index (χ0v) is 5.10. The van der Waals surface area contributed by atoms with Crippen molar-refractivity contribution in [3.63, 3.8) is 0 Å². The number of hydrogen-bond acceptors (Lipinski definition) is 1. The van der Waals surface area contributed by atoms with Crippen LogP contribution in [0.4, 0.5) is 0 Å². The smallest absolute Gasteiger partial charge is 0.0896 e. The van der Waals surface area contributed by atoms with Crippen LogP contribution < -0.4 is 0 Å². The first-order chi connectivity index (χ1) is 3.22. The third-order valence-corrected chi connectivity index (χ3v) is 1.33. The summed E-state index contributed by atoms with van der Waals surface area (Å²) in [4.78, 5) is 4.17. The van der Waals surface area contributed by atoms with Gasteiger partial charge in [0.1, 0.15) is 0 Å². The second-order valence-corrected chi connectivity index (χ2v) is 2.46. The van der Waals surface area contributed by atoms with Crippen molar-refractivity contribution in [1.29, 1.82) is 0 Å². The SMILES string of the molecule is CC1=NC1C(C)C. The molecule has 0 radical (unpaired) electrons. The van der Waals surface area contributed by atoms with E-state index in [1.807, 2.05) is 0 Å². The van der Waals surface area contributed by atoms with Gasteiger partial charge in [-0.25, -0.2) is 0 Å². The molecule has 0 saturated carbocycles. The first-order valence-electron chi connectivity index (χ1n) is 2.76. The molecule has 0 aromatic carbocycles. The summed E-state index contributed by atoms with van der Waals surface area (Å²) in [6, 6.07) is 0.611. The molecular weight excluding hydrogens is 86.1 g/mol. The molecule has 7 heavy (non-hydrogen) atoms. The lowest BCUT2D eigenvalue weighted by Crippen LogP contribution is -2.02. The molecule has 0 aromatic heterocycles. The van der Waals surface area contributed by atoms with Crippen molar-refractivity contribution in [1.82, 2.24) is 0 Å². The third-order valence-electron chi connectivity index (χ3n) is 1.33. The first kappa shape index (κ1) is 4.82. The first-order valence-corrected chi connectivity index (χ1v) is 2.76. The summed E-state index contributed by atoms with van der Waals surface area (Å²) < 4.78 is 0. The van der Waals surface area contributed by atoms with Crippen molar-refractivity contribution in [2.75, 3.05) is 0 Å². The molecule has 0 saturated heterocycles. The number of aliphatic imine (C=N–C) groups is 1. The fourth-order valence-electron chi connectivity index (χ4n) is 0.814. The zero-order valence-electron chi connectivity index (χ0n) is 5.10. The molecule has 1 aliphatic heterocycles. The molecule has 0 bridgehead atoms. The van der Waals surface area contributed by atoms with E-state index in [2.05, 4.69) is 25.8 Å². The molecule has 1 aliphatic rings. The van der Waals surface area contributed by atoms with E-state index in [0.29, 0.717) is 6.04 Å². The lowest BCUT2D eigenvalue weighted by Gasteiger charge is -1.95. The highest BCUT2D eigenvalue weighted by molar-refractivity contribution is 5.98. The van der Waals surface area contributed by atoms with Crippen LogP contribution in [-0.4, -0.2) is 11.8 Å². The molecule has 1 atom stereocenters. The van der Waals surface area contributed by atoms with Crippen LogP contribution in [0.25, 0.3) is 0 Å². The molecule has 1 unspecified atom stereocenters. The van der Waals surface area contributed by atoms with E-state index in [9.17, 15) is 0 Å². The average molecular weight is 97.2 g/mol. The van der Waals surface area contributed by atoms with Gasteiger partial charge in [0.25, 0.3) is 0 Å². The molecule has 0 spiro atoms. The lowest BCUT2D eigenvalue weighted by molar-refractivity contribution is 0.650. The molecule has 0 fully saturated rings. The minimum absolute atomic E-state index is 0.611. The standard InChI is InChI=1S/C6H11N/c1-4(2)6-5(3)7-6/h4,6H,1-3H3. The summed E-state index contributed by atoms with van der Waals surface area (Å²) in [6.07, 6.45) is 0. The average Bonchev–Trinajstić information content (AvgIpc) is 2.17. The van der Waals surface area contributed by atoms with Crippen LogP contribution in [0.3, 0.4) is 0 Å². The van der Waals surface area contributed by atoms with E-state index < -0.39 is 0 Å². The normalized spacial score (nSPS) is 28.0. The molecule has 1 heterocycles. The molecule has 0 aliphatic carbocycles. The molecule has 40 valence electrons. The van der Waals surface area contributed by atoms with Crippen LogP contribution >= 0.6 is 0 Å². The van der Waals surface area contributed by atoms with Crippen molar-refractivity contribution >= 4 is 5.71 Å². The van der Waals surface area contributed by atoms with Crippen LogP contribution in [0.1, 0.15) is 20.8 Å². The lowest BCUT2D eigenvalue weighted by atomic mass is 10.1. The molecular formula is C6H11N. The predicted octanol–water partition coefficient (Wildman–Crippen LogP) is 1.49. The van der Waals surface area contributed by atoms with Crippen molar-refractivity contribution < 1.29 is 0 Å². The predicted molar refractivity (Wildman–Crippen MR) is 31.7 cm³/mol. The fraction of sp³-hybridized carbons (Fsp3) is 0.833. The van der Waals surface area contributed by atoms with Crippen LogP contribution in [0, 0.1) is 5.92 Å². The van der Waals surface area contributed by atoms with Crippen LogP contribution in [0.2, 0.25) is 0 Å². The van der Waals surface area contributed by atoms with Crippen molar-refractivity contribution in [3.05, 3.63) is 0 Å². The Kier molecular flexibility index (Phi) is 0.911. The van der Waals surface area contributed by atoms with E-state index in [1.54, 1.807) is 0 Å². The second-order valence-electron chi connectivity index (χ2n) is 2.46. The molecule has 0 N–H and O–H groups in total. The topological polar surface area (TPSA) is 12.4 Å². The maximum atomic E-state index is 4.17. The van der Waals surface area contributed by atoms with E-state index >= 15 is 0 Å². The quantitative estimate of drug-likeness (QED) is 0.470. The molecule has 0 aromatic rings. The molecule has 1 nitrogen and oxygen atoms in total. The number of rotatable bonds is 1. The van der Waals surface area contributed by atoms with Gasteiger partial charge in [-0.15, -0.1) is 0 Å².